The monoisotopic (exact) mass is 310 g/mol. The van der Waals surface area contributed by atoms with E-state index in [1.54, 1.807) is 24.3 Å². The zero-order chi connectivity index (χ0) is 14.5. The molecular formula is C14H9Cl2FN2O. The highest BCUT2D eigenvalue weighted by molar-refractivity contribution is 6.36. The molecule has 0 aliphatic heterocycles. The summed E-state index contributed by atoms with van der Waals surface area (Å²) in [6.07, 6.45) is 1.36. The molecular weight excluding hydrogens is 302 g/mol. The Hall–Kier alpha value is -1.91. The van der Waals surface area contributed by atoms with E-state index in [-0.39, 0.29) is 5.56 Å². The van der Waals surface area contributed by atoms with Crippen LogP contribution in [0.15, 0.2) is 47.6 Å². The van der Waals surface area contributed by atoms with E-state index in [9.17, 15) is 9.18 Å². The van der Waals surface area contributed by atoms with Gasteiger partial charge >= 0.3 is 0 Å². The lowest BCUT2D eigenvalue weighted by Crippen LogP contribution is -2.18. The second kappa shape index (κ2) is 6.50. The summed E-state index contributed by atoms with van der Waals surface area (Å²) < 4.78 is 13.4. The molecule has 20 heavy (non-hydrogen) atoms. The Morgan fingerprint density at radius 2 is 1.95 bits per heavy atom. The van der Waals surface area contributed by atoms with Crippen molar-refractivity contribution in [2.45, 2.75) is 0 Å². The summed E-state index contributed by atoms with van der Waals surface area (Å²) in [5.74, 6) is -1.24. The van der Waals surface area contributed by atoms with Crippen molar-refractivity contribution in [1.29, 1.82) is 0 Å². The highest BCUT2D eigenvalue weighted by atomic mass is 35.5. The Morgan fingerprint density at radius 3 is 2.65 bits per heavy atom. The molecule has 0 atom stereocenters. The van der Waals surface area contributed by atoms with Gasteiger partial charge in [-0.1, -0.05) is 41.4 Å². The van der Waals surface area contributed by atoms with Crippen LogP contribution < -0.4 is 5.43 Å². The van der Waals surface area contributed by atoms with Crippen LogP contribution in [0.5, 0.6) is 0 Å². The minimum Gasteiger partial charge on any atom is -0.267 e. The summed E-state index contributed by atoms with van der Waals surface area (Å²) in [7, 11) is 0. The van der Waals surface area contributed by atoms with Gasteiger partial charge in [-0.2, -0.15) is 5.10 Å². The highest BCUT2D eigenvalue weighted by Crippen LogP contribution is 2.19. The molecule has 0 spiro atoms. The van der Waals surface area contributed by atoms with Crippen LogP contribution in [0.4, 0.5) is 4.39 Å². The maximum absolute atomic E-state index is 13.4. The Balaban J connectivity index is 2.07. The summed E-state index contributed by atoms with van der Waals surface area (Å²) in [6.45, 7) is 0. The summed E-state index contributed by atoms with van der Waals surface area (Å²) in [5, 5.41) is 4.64. The van der Waals surface area contributed by atoms with Gasteiger partial charge in [-0.3, -0.25) is 4.79 Å². The van der Waals surface area contributed by atoms with Crippen LogP contribution in [0.3, 0.4) is 0 Å². The Morgan fingerprint density at radius 1 is 1.20 bits per heavy atom. The molecule has 2 aromatic carbocycles. The minimum absolute atomic E-state index is 0.0770. The fourth-order valence-corrected chi connectivity index (χ4v) is 1.93. The predicted molar refractivity (Wildman–Crippen MR) is 77.9 cm³/mol. The second-order valence-electron chi connectivity index (χ2n) is 3.84. The second-order valence-corrected chi connectivity index (χ2v) is 4.69. The van der Waals surface area contributed by atoms with Crippen molar-refractivity contribution in [3.05, 3.63) is 69.5 Å². The molecule has 3 nitrogen and oxygen atoms in total. The molecule has 0 aliphatic carbocycles. The predicted octanol–water partition coefficient (Wildman–Crippen LogP) is 3.90. The number of amides is 1. The van der Waals surface area contributed by atoms with Crippen LogP contribution in [0.2, 0.25) is 10.0 Å². The number of nitrogens with one attached hydrogen (secondary N) is 1. The fourth-order valence-electron chi connectivity index (χ4n) is 1.47. The summed E-state index contributed by atoms with van der Waals surface area (Å²) in [6, 6.07) is 10.5. The third kappa shape index (κ3) is 3.56. The van der Waals surface area contributed by atoms with Gasteiger partial charge in [-0.15, -0.1) is 0 Å². The van der Waals surface area contributed by atoms with Crippen molar-refractivity contribution in [3.63, 3.8) is 0 Å². The standard InChI is InChI=1S/C14H9Cl2FN2O/c15-10-6-5-9(12(16)7-10)8-18-19-14(20)11-3-1-2-4-13(11)17/h1-8H,(H,19,20). The first kappa shape index (κ1) is 14.5. The van der Waals surface area contributed by atoms with E-state index >= 15 is 0 Å². The molecule has 1 N–H and O–H groups in total. The van der Waals surface area contributed by atoms with Gasteiger partial charge in [0, 0.05) is 10.6 Å². The number of hydrogen-bond acceptors (Lipinski definition) is 2. The number of rotatable bonds is 3. The van der Waals surface area contributed by atoms with Crippen molar-refractivity contribution in [3.8, 4) is 0 Å². The van der Waals surface area contributed by atoms with E-state index in [1.807, 2.05) is 0 Å². The molecule has 6 heteroatoms. The molecule has 0 bridgehead atoms. The molecule has 102 valence electrons. The molecule has 0 fully saturated rings. The molecule has 2 aromatic rings. The molecule has 0 saturated carbocycles. The van der Waals surface area contributed by atoms with Crippen LogP contribution in [0.25, 0.3) is 0 Å². The quantitative estimate of drug-likeness (QED) is 0.678. The number of carbonyl (C=O) groups is 1. The Kier molecular flexibility index (Phi) is 4.71. The highest BCUT2D eigenvalue weighted by Gasteiger charge is 2.09. The molecule has 0 saturated heterocycles. The summed E-state index contributed by atoms with van der Waals surface area (Å²) >= 11 is 11.7. The van der Waals surface area contributed by atoms with E-state index in [0.717, 1.165) is 0 Å². The lowest BCUT2D eigenvalue weighted by atomic mass is 10.2. The number of hydrogen-bond donors (Lipinski definition) is 1. The van der Waals surface area contributed by atoms with Crippen molar-refractivity contribution in [2.75, 3.05) is 0 Å². The van der Waals surface area contributed by atoms with Crippen molar-refractivity contribution in [1.82, 2.24) is 5.43 Å². The summed E-state index contributed by atoms with van der Waals surface area (Å²) in [5.41, 5.74) is 2.74. The van der Waals surface area contributed by atoms with Gasteiger partial charge in [-0.25, -0.2) is 9.82 Å². The number of hydrazone groups is 1. The first-order valence-electron chi connectivity index (χ1n) is 5.61. The van der Waals surface area contributed by atoms with Crippen molar-refractivity contribution < 1.29 is 9.18 Å². The maximum Gasteiger partial charge on any atom is 0.274 e. The normalized spacial score (nSPS) is 10.8. The van der Waals surface area contributed by atoms with E-state index in [0.29, 0.717) is 15.6 Å². The van der Waals surface area contributed by atoms with Crippen LogP contribution in [0.1, 0.15) is 15.9 Å². The molecule has 0 aliphatic rings. The van der Waals surface area contributed by atoms with Crippen molar-refractivity contribution in [2.24, 2.45) is 5.10 Å². The minimum atomic E-state index is -0.635. The molecule has 0 aromatic heterocycles. The van der Waals surface area contributed by atoms with Crippen molar-refractivity contribution >= 4 is 35.3 Å². The zero-order valence-corrected chi connectivity index (χ0v) is 11.6. The average Bonchev–Trinajstić information content (AvgIpc) is 2.41. The number of benzene rings is 2. The molecule has 0 radical (unpaired) electrons. The van der Waals surface area contributed by atoms with Crippen LogP contribution >= 0.6 is 23.2 Å². The third-order valence-electron chi connectivity index (χ3n) is 2.45. The SMILES string of the molecule is O=C(NN=Cc1ccc(Cl)cc1Cl)c1ccccc1F. The first-order valence-corrected chi connectivity index (χ1v) is 6.36. The van der Waals surface area contributed by atoms with Gasteiger partial charge in [0.2, 0.25) is 0 Å². The van der Waals surface area contributed by atoms with Crippen LogP contribution in [-0.4, -0.2) is 12.1 Å². The smallest absolute Gasteiger partial charge is 0.267 e. The van der Waals surface area contributed by atoms with E-state index in [4.69, 9.17) is 23.2 Å². The van der Waals surface area contributed by atoms with Gasteiger partial charge in [0.25, 0.3) is 5.91 Å². The molecule has 0 heterocycles. The number of carbonyl (C=O) groups excluding carboxylic acids is 1. The van der Waals surface area contributed by atoms with E-state index in [2.05, 4.69) is 10.5 Å². The topological polar surface area (TPSA) is 41.5 Å². The maximum atomic E-state index is 13.4. The van der Waals surface area contributed by atoms with Crippen LogP contribution in [-0.2, 0) is 0 Å². The summed E-state index contributed by atoms with van der Waals surface area (Å²) in [4.78, 5) is 11.7. The largest absolute Gasteiger partial charge is 0.274 e. The van der Waals surface area contributed by atoms with Gasteiger partial charge in [-0.05, 0) is 24.3 Å². The van der Waals surface area contributed by atoms with Gasteiger partial charge in [0.15, 0.2) is 0 Å². The molecule has 0 unspecified atom stereocenters. The number of halogens is 3. The Labute approximate surface area is 125 Å². The van der Waals surface area contributed by atoms with Gasteiger partial charge in [0.05, 0.1) is 16.8 Å². The van der Waals surface area contributed by atoms with E-state index in [1.165, 1.54) is 24.4 Å². The molecule has 2 rings (SSSR count). The third-order valence-corrected chi connectivity index (χ3v) is 3.01. The van der Waals surface area contributed by atoms with E-state index < -0.39 is 11.7 Å². The average molecular weight is 311 g/mol. The van der Waals surface area contributed by atoms with Crippen LogP contribution in [0, 0.1) is 5.82 Å². The Bertz CT molecular complexity index is 674. The zero-order valence-electron chi connectivity index (χ0n) is 10.1. The number of nitrogens with zero attached hydrogens (tertiary/aromatic N) is 1. The first-order chi connectivity index (χ1) is 9.58. The van der Waals surface area contributed by atoms with Gasteiger partial charge in [0.1, 0.15) is 5.82 Å². The molecule has 1 amide bonds. The fraction of sp³-hybridized carbons (Fsp3) is 0. The lowest BCUT2D eigenvalue weighted by molar-refractivity contribution is 0.0951. The van der Waals surface area contributed by atoms with Gasteiger partial charge < -0.3 is 0 Å². The lowest BCUT2D eigenvalue weighted by Gasteiger charge is -2.01.